The van der Waals surface area contributed by atoms with Crippen LogP contribution >= 0.6 is 0 Å². The summed E-state index contributed by atoms with van der Waals surface area (Å²) >= 11 is 0. The second-order valence-corrected chi connectivity index (χ2v) is 10.5. The van der Waals surface area contributed by atoms with Crippen molar-refractivity contribution in [3.63, 3.8) is 0 Å². The first-order valence-corrected chi connectivity index (χ1v) is 12.3. The zero-order valence-corrected chi connectivity index (χ0v) is 20.5. The highest BCUT2D eigenvalue weighted by Gasteiger charge is 2.37. The second kappa shape index (κ2) is 9.25. The third-order valence-electron chi connectivity index (χ3n) is 6.54. The minimum absolute atomic E-state index is 0.135. The number of benzene rings is 2. The van der Waals surface area contributed by atoms with Gasteiger partial charge in [-0.3, -0.25) is 9.59 Å². The van der Waals surface area contributed by atoms with Gasteiger partial charge in [0.1, 0.15) is 18.1 Å². The molecule has 2 amide bonds. The fraction of sp³-hybridized carbons (Fsp3) is 0.379. The molecule has 6 nitrogen and oxygen atoms in total. The van der Waals surface area contributed by atoms with Crippen molar-refractivity contribution in [1.82, 2.24) is 10.2 Å². The van der Waals surface area contributed by atoms with Crippen LogP contribution in [0.1, 0.15) is 72.7 Å². The number of ether oxygens (including phenoxy) is 1. The number of nitrogens with one attached hydrogen (secondary N) is 1. The van der Waals surface area contributed by atoms with E-state index >= 15 is 0 Å². The fourth-order valence-electron chi connectivity index (χ4n) is 4.54. The largest absolute Gasteiger partial charge is 0.486 e. The van der Waals surface area contributed by atoms with Crippen molar-refractivity contribution in [2.24, 2.45) is 5.41 Å². The minimum atomic E-state index is -0.471. The molecule has 5 rings (SSSR count). The first kappa shape index (κ1) is 23.2. The average Bonchev–Trinajstić information content (AvgIpc) is 3.53. The van der Waals surface area contributed by atoms with Crippen molar-refractivity contribution < 1.29 is 18.7 Å². The van der Waals surface area contributed by atoms with E-state index in [1.54, 1.807) is 12.1 Å². The molecule has 1 aliphatic heterocycles. The van der Waals surface area contributed by atoms with Gasteiger partial charge < -0.3 is 19.4 Å². The number of hydrogen-bond donors (Lipinski definition) is 1. The minimum Gasteiger partial charge on any atom is -0.486 e. The van der Waals surface area contributed by atoms with Crippen LogP contribution < -0.4 is 10.1 Å². The van der Waals surface area contributed by atoms with Gasteiger partial charge in [0.05, 0.1) is 6.04 Å². The number of furan rings is 1. The summed E-state index contributed by atoms with van der Waals surface area (Å²) in [5.74, 6) is 1.56. The normalized spacial score (nSPS) is 17.6. The molecule has 3 aromatic rings. The molecule has 1 N–H and O–H groups in total. The Morgan fingerprint density at radius 1 is 1.06 bits per heavy atom. The van der Waals surface area contributed by atoms with E-state index in [0.29, 0.717) is 23.8 Å². The highest BCUT2D eigenvalue weighted by molar-refractivity contribution is 5.91. The lowest BCUT2D eigenvalue weighted by atomic mass is 9.85. The van der Waals surface area contributed by atoms with E-state index in [-0.39, 0.29) is 30.5 Å². The summed E-state index contributed by atoms with van der Waals surface area (Å²) < 4.78 is 11.8. The summed E-state index contributed by atoms with van der Waals surface area (Å²) in [6.45, 7) is 6.80. The first-order valence-electron chi connectivity index (χ1n) is 12.3. The third-order valence-corrected chi connectivity index (χ3v) is 6.54. The lowest BCUT2D eigenvalue weighted by Gasteiger charge is -2.41. The van der Waals surface area contributed by atoms with E-state index in [2.05, 4.69) is 23.5 Å². The predicted octanol–water partition coefficient (Wildman–Crippen LogP) is 5.27. The van der Waals surface area contributed by atoms with Gasteiger partial charge >= 0.3 is 0 Å². The summed E-state index contributed by atoms with van der Waals surface area (Å²) in [6, 6.07) is 19.8. The third kappa shape index (κ3) is 5.11. The van der Waals surface area contributed by atoms with Gasteiger partial charge in [-0.2, -0.15) is 0 Å². The molecule has 6 heteroatoms. The molecule has 0 bridgehead atoms. The van der Waals surface area contributed by atoms with Crippen molar-refractivity contribution in [2.75, 3.05) is 6.54 Å². The Hall–Kier alpha value is -3.54. The maximum atomic E-state index is 13.4. The monoisotopic (exact) mass is 472 g/mol. The molecule has 0 spiro atoms. The summed E-state index contributed by atoms with van der Waals surface area (Å²) in [7, 11) is 0. The molecule has 1 aromatic heterocycles. The second-order valence-electron chi connectivity index (χ2n) is 10.5. The molecule has 1 atom stereocenters. The van der Waals surface area contributed by atoms with Crippen LogP contribution in [0.25, 0.3) is 0 Å². The van der Waals surface area contributed by atoms with Crippen LogP contribution in [0.15, 0.2) is 65.1 Å². The lowest BCUT2D eigenvalue weighted by molar-refractivity contribution is -0.141. The molecular formula is C29H32N2O4. The van der Waals surface area contributed by atoms with Gasteiger partial charge in [0.15, 0.2) is 5.76 Å². The van der Waals surface area contributed by atoms with Crippen LogP contribution in [-0.4, -0.2) is 29.3 Å². The van der Waals surface area contributed by atoms with Crippen LogP contribution in [-0.2, 0) is 17.8 Å². The summed E-state index contributed by atoms with van der Waals surface area (Å²) in [6.07, 6.45) is 2.87. The zero-order chi connectivity index (χ0) is 24.6. The highest BCUT2D eigenvalue weighted by atomic mass is 16.5. The number of amides is 2. The zero-order valence-electron chi connectivity index (χ0n) is 20.5. The molecule has 2 aliphatic rings. The molecule has 0 radical (unpaired) electrons. The van der Waals surface area contributed by atoms with E-state index in [0.717, 1.165) is 30.4 Å². The van der Waals surface area contributed by atoms with Crippen molar-refractivity contribution >= 4 is 11.8 Å². The van der Waals surface area contributed by atoms with Gasteiger partial charge in [-0.15, -0.1) is 0 Å². The van der Waals surface area contributed by atoms with Crippen molar-refractivity contribution in [2.45, 2.75) is 58.7 Å². The Labute approximate surface area is 206 Å². The Morgan fingerprint density at radius 2 is 1.83 bits per heavy atom. The molecule has 1 aliphatic carbocycles. The Balaban J connectivity index is 1.38. The van der Waals surface area contributed by atoms with Gasteiger partial charge in [0.25, 0.3) is 5.91 Å². The van der Waals surface area contributed by atoms with E-state index in [1.807, 2.05) is 56.0 Å². The van der Waals surface area contributed by atoms with Gasteiger partial charge in [-0.25, -0.2) is 0 Å². The Kier molecular flexibility index (Phi) is 6.13. The molecular weight excluding hydrogens is 440 g/mol. The molecule has 0 unspecified atom stereocenters. The molecule has 182 valence electrons. The highest BCUT2D eigenvalue weighted by Crippen LogP contribution is 2.39. The quantitative estimate of drug-likeness (QED) is 0.530. The maximum absolute atomic E-state index is 13.4. The number of carbonyl (C=O) groups is 2. The SMILES string of the molecule is CC(C)(C)C(=O)N1CCc2ccc(OCc3ccc(C(=O)NC4CC4)o3)cc2[C@@H]1c1ccccc1. The number of nitrogens with zero attached hydrogens (tertiary/aromatic N) is 1. The van der Waals surface area contributed by atoms with Crippen molar-refractivity contribution in [3.8, 4) is 5.75 Å². The molecule has 1 saturated carbocycles. The topological polar surface area (TPSA) is 71.8 Å². The summed E-state index contributed by atoms with van der Waals surface area (Å²) in [4.78, 5) is 27.6. The van der Waals surface area contributed by atoms with Crippen LogP contribution in [0.3, 0.4) is 0 Å². The summed E-state index contributed by atoms with van der Waals surface area (Å²) in [5.41, 5.74) is 2.92. The van der Waals surface area contributed by atoms with Crippen LogP contribution in [0.2, 0.25) is 0 Å². The Morgan fingerprint density at radius 3 is 2.54 bits per heavy atom. The lowest BCUT2D eigenvalue weighted by Crippen LogP contribution is -2.45. The predicted molar refractivity (Wildman–Crippen MR) is 133 cm³/mol. The fourth-order valence-corrected chi connectivity index (χ4v) is 4.54. The van der Waals surface area contributed by atoms with Crippen LogP contribution in [0, 0.1) is 5.41 Å². The molecule has 2 aromatic carbocycles. The van der Waals surface area contributed by atoms with E-state index in [9.17, 15) is 9.59 Å². The number of carbonyl (C=O) groups excluding carboxylic acids is 2. The van der Waals surface area contributed by atoms with E-state index < -0.39 is 5.41 Å². The smallest absolute Gasteiger partial charge is 0.287 e. The molecule has 35 heavy (non-hydrogen) atoms. The molecule has 0 saturated heterocycles. The molecule has 2 heterocycles. The van der Waals surface area contributed by atoms with Gasteiger partial charge in [-0.05, 0) is 60.2 Å². The average molecular weight is 473 g/mol. The van der Waals surface area contributed by atoms with Gasteiger partial charge in [0, 0.05) is 18.0 Å². The van der Waals surface area contributed by atoms with Gasteiger partial charge in [-0.1, -0.05) is 57.2 Å². The van der Waals surface area contributed by atoms with Gasteiger partial charge in [0.2, 0.25) is 5.91 Å². The summed E-state index contributed by atoms with van der Waals surface area (Å²) in [5, 5.41) is 2.93. The first-order chi connectivity index (χ1) is 16.8. The Bertz CT molecular complexity index is 1220. The standard InChI is InChI=1S/C29H32N2O4/c1-29(2,3)28(33)31-16-15-19-9-12-22(17-24(19)26(31)20-7-5-4-6-8-20)34-18-23-13-14-25(35-23)27(32)30-21-10-11-21/h4-9,12-14,17,21,26H,10-11,15-16,18H2,1-3H3,(H,30,32)/t26-/m0/s1. The van der Waals surface area contributed by atoms with Crippen molar-refractivity contribution in [1.29, 1.82) is 0 Å². The van der Waals surface area contributed by atoms with Crippen molar-refractivity contribution in [3.05, 3.63) is 88.9 Å². The number of hydrogen-bond acceptors (Lipinski definition) is 4. The maximum Gasteiger partial charge on any atom is 0.287 e. The van der Waals surface area contributed by atoms with E-state index in [4.69, 9.17) is 9.15 Å². The van der Waals surface area contributed by atoms with Crippen LogP contribution in [0.5, 0.6) is 5.75 Å². The number of fused-ring (bicyclic) bond motifs is 1. The van der Waals surface area contributed by atoms with E-state index in [1.165, 1.54) is 5.56 Å². The van der Waals surface area contributed by atoms with Crippen LogP contribution in [0.4, 0.5) is 0 Å². The molecule has 1 fully saturated rings. The number of rotatable bonds is 6.